The van der Waals surface area contributed by atoms with Gasteiger partial charge in [-0.2, -0.15) is 0 Å². The van der Waals surface area contributed by atoms with Gasteiger partial charge in [0.1, 0.15) is 0 Å². The zero-order chi connectivity index (χ0) is 13.8. The molecule has 2 N–H and O–H groups in total. The van der Waals surface area contributed by atoms with Crippen LogP contribution in [0.25, 0.3) is 0 Å². The topological polar surface area (TPSA) is 55.0 Å². The highest BCUT2D eigenvalue weighted by atomic mass is 127. The monoisotopic (exact) mass is 368 g/mol. The zero-order valence-corrected chi connectivity index (χ0v) is 13.2. The molecule has 0 bridgehead atoms. The molecule has 0 saturated heterocycles. The second-order valence-corrected chi connectivity index (χ2v) is 5.91. The van der Waals surface area contributed by atoms with Gasteiger partial charge in [0.05, 0.1) is 0 Å². The zero-order valence-electron chi connectivity index (χ0n) is 11.0. The minimum Gasteiger partial charge on any atom is -0.399 e. The molecule has 0 aliphatic carbocycles. The van der Waals surface area contributed by atoms with Crippen LogP contribution in [0.15, 0.2) is 36.7 Å². The maximum Gasteiger partial charge on any atom is 0.225 e. The molecule has 0 amide bonds. The molecule has 1 aromatic carbocycles. The molecule has 5 heteroatoms. The second kappa shape index (κ2) is 6.18. The summed E-state index contributed by atoms with van der Waals surface area (Å²) in [7, 11) is 0. The van der Waals surface area contributed by atoms with Crippen molar-refractivity contribution < 1.29 is 0 Å². The third-order valence-corrected chi connectivity index (χ3v) is 3.35. The van der Waals surface area contributed by atoms with Crippen molar-refractivity contribution >= 4 is 34.2 Å². The number of hydrogen-bond acceptors (Lipinski definition) is 4. The molecule has 0 fully saturated rings. The van der Waals surface area contributed by atoms with Crippen molar-refractivity contribution in [1.82, 2.24) is 9.97 Å². The molecule has 100 valence electrons. The van der Waals surface area contributed by atoms with Crippen LogP contribution >= 0.6 is 22.6 Å². The Hall–Kier alpha value is -1.37. The van der Waals surface area contributed by atoms with Crippen LogP contribution in [0.4, 0.5) is 11.6 Å². The minimum absolute atomic E-state index is 0.321. The molecular weight excluding hydrogens is 351 g/mol. The average molecular weight is 368 g/mol. The summed E-state index contributed by atoms with van der Waals surface area (Å²) in [5, 5.41) is 0. The highest BCUT2D eigenvalue weighted by Crippen LogP contribution is 2.17. The number of rotatable bonds is 4. The summed E-state index contributed by atoms with van der Waals surface area (Å²) >= 11 is 2.21. The third-order valence-electron chi connectivity index (χ3n) is 2.79. The van der Waals surface area contributed by atoms with Gasteiger partial charge in [-0.25, -0.2) is 9.97 Å². The van der Waals surface area contributed by atoms with Crippen LogP contribution in [0.3, 0.4) is 0 Å². The number of aromatic nitrogens is 2. The lowest BCUT2D eigenvalue weighted by Crippen LogP contribution is -2.31. The van der Waals surface area contributed by atoms with Crippen LogP contribution in [0, 0.1) is 3.57 Å². The molecule has 0 atom stereocenters. The summed E-state index contributed by atoms with van der Waals surface area (Å²) in [4.78, 5) is 10.9. The van der Waals surface area contributed by atoms with Gasteiger partial charge in [-0.05, 0) is 54.1 Å². The molecule has 0 spiro atoms. The Morgan fingerprint density at radius 2 is 1.95 bits per heavy atom. The standard InChI is InChI=1S/C14H17IN4/c1-10(2)19(14-17-7-12(15)8-18-14)9-11-4-3-5-13(16)6-11/h3-8,10H,9,16H2,1-2H3. The summed E-state index contributed by atoms with van der Waals surface area (Å²) in [6.45, 7) is 5.02. The molecule has 0 aliphatic heterocycles. The lowest BCUT2D eigenvalue weighted by atomic mass is 10.2. The first-order valence-corrected chi connectivity index (χ1v) is 7.23. The first kappa shape index (κ1) is 14.0. The molecule has 0 radical (unpaired) electrons. The van der Waals surface area contributed by atoms with Crippen LogP contribution < -0.4 is 10.6 Å². The van der Waals surface area contributed by atoms with Gasteiger partial charge in [0.2, 0.25) is 5.95 Å². The average Bonchev–Trinajstić information content (AvgIpc) is 2.37. The number of nitrogen functional groups attached to an aromatic ring is 1. The first-order chi connectivity index (χ1) is 9.06. The Bertz CT molecular complexity index is 539. The van der Waals surface area contributed by atoms with Crippen molar-refractivity contribution in [2.75, 3.05) is 10.6 Å². The number of halogens is 1. The number of nitrogens with two attached hydrogens (primary N) is 1. The van der Waals surface area contributed by atoms with Crippen LogP contribution in [0.1, 0.15) is 19.4 Å². The van der Waals surface area contributed by atoms with E-state index in [-0.39, 0.29) is 0 Å². The molecule has 2 rings (SSSR count). The van der Waals surface area contributed by atoms with Gasteiger partial charge >= 0.3 is 0 Å². The summed E-state index contributed by atoms with van der Waals surface area (Å²) in [6.07, 6.45) is 3.66. The van der Waals surface area contributed by atoms with Gasteiger partial charge in [-0.15, -0.1) is 0 Å². The molecule has 1 heterocycles. The maximum absolute atomic E-state index is 5.82. The Balaban J connectivity index is 2.23. The molecule has 4 nitrogen and oxygen atoms in total. The lowest BCUT2D eigenvalue weighted by molar-refractivity contribution is 0.660. The molecule has 0 unspecified atom stereocenters. The molecule has 1 aromatic heterocycles. The van der Waals surface area contributed by atoms with E-state index in [9.17, 15) is 0 Å². The quantitative estimate of drug-likeness (QED) is 0.666. The molecular formula is C14H17IN4. The van der Waals surface area contributed by atoms with Crippen molar-refractivity contribution in [2.45, 2.75) is 26.4 Å². The van der Waals surface area contributed by atoms with Gasteiger partial charge in [-0.3, -0.25) is 0 Å². The Kier molecular flexibility index (Phi) is 4.57. The van der Waals surface area contributed by atoms with Gasteiger partial charge in [0.25, 0.3) is 0 Å². The number of benzene rings is 1. The van der Waals surface area contributed by atoms with Gasteiger partial charge < -0.3 is 10.6 Å². The van der Waals surface area contributed by atoms with E-state index in [1.165, 1.54) is 0 Å². The van der Waals surface area contributed by atoms with Crippen molar-refractivity contribution in [2.24, 2.45) is 0 Å². The molecule has 2 aromatic rings. The van der Waals surface area contributed by atoms with Crippen LogP contribution in [-0.4, -0.2) is 16.0 Å². The van der Waals surface area contributed by atoms with Crippen LogP contribution in [0.2, 0.25) is 0 Å². The van der Waals surface area contributed by atoms with E-state index < -0.39 is 0 Å². The fourth-order valence-electron chi connectivity index (χ4n) is 1.83. The molecule has 0 aliphatic rings. The van der Waals surface area contributed by atoms with Crippen molar-refractivity contribution in [3.05, 3.63) is 45.8 Å². The normalized spacial score (nSPS) is 10.7. The predicted molar refractivity (Wildman–Crippen MR) is 86.9 cm³/mol. The smallest absolute Gasteiger partial charge is 0.225 e. The van der Waals surface area contributed by atoms with E-state index in [0.717, 1.165) is 27.3 Å². The summed E-state index contributed by atoms with van der Waals surface area (Å²) in [5.41, 5.74) is 7.76. The Labute approximate surface area is 127 Å². The maximum atomic E-state index is 5.82. The van der Waals surface area contributed by atoms with E-state index in [2.05, 4.69) is 57.4 Å². The number of anilines is 2. The van der Waals surface area contributed by atoms with E-state index in [1.54, 1.807) is 0 Å². The highest BCUT2D eigenvalue weighted by molar-refractivity contribution is 14.1. The first-order valence-electron chi connectivity index (χ1n) is 6.15. The number of hydrogen-bond donors (Lipinski definition) is 1. The van der Waals surface area contributed by atoms with E-state index in [4.69, 9.17) is 5.73 Å². The third kappa shape index (κ3) is 3.79. The van der Waals surface area contributed by atoms with Gasteiger partial charge in [0, 0.05) is 34.2 Å². The van der Waals surface area contributed by atoms with Crippen LogP contribution in [0.5, 0.6) is 0 Å². The lowest BCUT2D eigenvalue weighted by Gasteiger charge is -2.26. The summed E-state index contributed by atoms with van der Waals surface area (Å²) < 4.78 is 1.04. The number of nitrogens with zero attached hydrogens (tertiary/aromatic N) is 3. The summed E-state index contributed by atoms with van der Waals surface area (Å²) in [5.74, 6) is 0.748. The molecule has 0 saturated carbocycles. The predicted octanol–water partition coefficient (Wildman–Crippen LogP) is 3.08. The SMILES string of the molecule is CC(C)N(Cc1cccc(N)c1)c1ncc(I)cn1. The Morgan fingerprint density at radius 3 is 2.53 bits per heavy atom. The van der Waals surface area contributed by atoms with E-state index in [0.29, 0.717) is 6.04 Å². The Morgan fingerprint density at radius 1 is 1.26 bits per heavy atom. The van der Waals surface area contributed by atoms with E-state index in [1.807, 2.05) is 30.6 Å². The molecule has 19 heavy (non-hydrogen) atoms. The fourth-order valence-corrected chi connectivity index (χ4v) is 2.10. The summed E-state index contributed by atoms with van der Waals surface area (Å²) in [6, 6.07) is 8.24. The van der Waals surface area contributed by atoms with Gasteiger partial charge in [0.15, 0.2) is 0 Å². The van der Waals surface area contributed by atoms with Crippen LogP contribution in [-0.2, 0) is 6.54 Å². The minimum atomic E-state index is 0.321. The van der Waals surface area contributed by atoms with E-state index >= 15 is 0 Å². The van der Waals surface area contributed by atoms with Gasteiger partial charge in [-0.1, -0.05) is 12.1 Å². The van der Waals surface area contributed by atoms with Crippen molar-refractivity contribution in [1.29, 1.82) is 0 Å². The largest absolute Gasteiger partial charge is 0.399 e. The van der Waals surface area contributed by atoms with Crippen molar-refractivity contribution in [3.63, 3.8) is 0 Å². The highest BCUT2D eigenvalue weighted by Gasteiger charge is 2.13. The fraction of sp³-hybridized carbons (Fsp3) is 0.286. The second-order valence-electron chi connectivity index (χ2n) is 4.67. The van der Waals surface area contributed by atoms with Crippen molar-refractivity contribution in [3.8, 4) is 0 Å².